The lowest BCUT2D eigenvalue weighted by atomic mass is 9.94. The Morgan fingerprint density at radius 1 is 1.26 bits per heavy atom. The molecule has 1 rings (SSSR count). The van der Waals surface area contributed by atoms with Crippen LogP contribution in [0.15, 0.2) is 24.3 Å². The van der Waals surface area contributed by atoms with Crippen LogP contribution in [0.2, 0.25) is 0 Å². The standard InChI is InChI=1S/C13H16N2O4/c1-13(2,12(18)19)7-15-11(17)9-5-3-4-8(6-9)10(14)16/h3-6H,7H2,1-2H3,(H2,14,16)(H,15,17)(H,18,19). The summed E-state index contributed by atoms with van der Waals surface area (Å²) in [5.41, 5.74) is 4.55. The first-order chi connectivity index (χ1) is 8.74. The summed E-state index contributed by atoms with van der Waals surface area (Å²) in [5, 5.41) is 11.4. The summed E-state index contributed by atoms with van der Waals surface area (Å²) in [6.07, 6.45) is 0. The molecule has 0 spiro atoms. The molecule has 0 bridgehead atoms. The van der Waals surface area contributed by atoms with Crippen molar-refractivity contribution in [3.05, 3.63) is 35.4 Å². The number of carbonyl (C=O) groups is 3. The summed E-state index contributed by atoms with van der Waals surface area (Å²) in [5.74, 6) is -2.07. The largest absolute Gasteiger partial charge is 0.481 e. The summed E-state index contributed by atoms with van der Waals surface area (Å²) in [7, 11) is 0. The highest BCUT2D eigenvalue weighted by molar-refractivity contribution is 5.99. The lowest BCUT2D eigenvalue weighted by Crippen LogP contribution is -2.38. The number of amides is 2. The van der Waals surface area contributed by atoms with Crippen LogP contribution in [0.4, 0.5) is 0 Å². The van der Waals surface area contributed by atoms with Gasteiger partial charge in [-0.3, -0.25) is 14.4 Å². The molecule has 1 aromatic rings. The molecular weight excluding hydrogens is 248 g/mol. The smallest absolute Gasteiger partial charge is 0.310 e. The fourth-order valence-corrected chi connectivity index (χ4v) is 1.29. The number of hydrogen-bond acceptors (Lipinski definition) is 3. The van der Waals surface area contributed by atoms with Crippen molar-refractivity contribution in [1.82, 2.24) is 5.32 Å². The third-order valence-corrected chi connectivity index (χ3v) is 2.68. The maximum atomic E-state index is 11.8. The minimum atomic E-state index is -1.06. The minimum absolute atomic E-state index is 0.0119. The molecule has 1 aromatic carbocycles. The van der Waals surface area contributed by atoms with Crippen LogP contribution >= 0.6 is 0 Å². The van der Waals surface area contributed by atoms with Gasteiger partial charge in [-0.05, 0) is 32.0 Å². The zero-order valence-corrected chi connectivity index (χ0v) is 10.8. The first kappa shape index (κ1) is 14.7. The van der Waals surface area contributed by atoms with Crippen LogP contribution in [0.25, 0.3) is 0 Å². The number of carbonyl (C=O) groups excluding carboxylic acids is 2. The van der Waals surface area contributed by atoms with E-state index in [4.69, 9.17) is 10.8 Å². The van der Waals surface area contributed by atoms with E-state index in [1.54, 1.807) is 0 Å². The maximum Gasteiger partial charge on any atom is 0.310 e. The van der Waals surface area contributed by atoms with Crippen LogP contribution in [0.5, 0.6) is 0 Å². The van der Waals surface area contributed by atoms with Gasteiger partial charge in [0.1, 0.15) is 0 Å². The molecule has 0 aromatic heterocycles. The van der Waals surface area contributed by atoms with Gasteiger partial charge < -0.3 is 16.2 Å². The van der Waals surface area contributed by atoms with Crippen LogP contribution in [0.1, 0.15) is 34.6 Å². The summed E-state index contributed by atoms with van der Waals surface area (Å²) in [4.78, 5) is 33.7. The predicted octanol–water partition coefficient (Wildman–Crippen LogP) is 0.626. The highest BCUT2D eigenvalue weighted by atomic mass is 16.4. The molecule has 0 aliphatic rings. The highest BCUT2D eigenvalue weighted by Gasteiger charge is 2.27. The van der Waals surface area contributed by atoms with E-state index in [1.165, 1.54) is 38.1 Å². The van der Waals surface area contributed by atoms with E-state index in [0.29, 0.717) is 0 Å². The van der Waals surface area contributed by atoms with Crippen molar-refractivity contribution in [2.45, 2.75) is 13.8 Å². The van der Waals surface area contributed by atoms with Gasteiger partial charge in [-0.25, -0.2) is 0 Å². The Balaban J connectivity index is 2.77. The zero-order valence-electron chi connectivity index (χ0n) is 10.8. The fraction of sp³-hybridized carbons (Fsp3) is 0.308. The molecule has 2 amide bonds. The molecule has 102 valence electrons. The number of carboxylic acid groups (broad SMARTS) is 1. The number of nitrogens with two attached hydrogens (primary N) is 1. The van der Waals surface area contributed by atoms with E-state index in [0.717, 1.165) is 0 Å². The quantitative estimate of drug-likeness (QED) is 0.724. The number of rotatable bonds is 5. The number of hydrogen-bond donors (Lipinski definition) is 3. The number of primary amides is 1. The Morgan fingerprint density at radius 2 is 1.84 bits per heavy atom. The number of benzene rings is 1. The topological polar surface area (TPSA) is 109 Å². The van der Waals surface area contributed by atoms with Gasteiger partial charge in [0.05, 0.1) is 5.41 Å². The van der Waals surface area contributed by atoms with Crippen LogP contribution in [0, 0.1) is 5.41 Å². The van der Waals surface area contributed by atoms with Gasteiger partial charge in [0.2, 0.25) is 5.91 Å². The first-order valence-electron chi connectivity index (χ1n) is 5.65. The Labute approximate surface area is 110 Å². The second-order valence-electron chi connectivity index (χ2n) is 4.82. The van der Waals surface area contributed by atoms with E-state index < -0.39 is 23.2 Å². The van der Waals surface area contributed by atoms with Gasteiger partial charge in [0.15, 0.2) is 0 Å². The van der Waals surface area contributed by atoms with Gasteiger partial charge in [0.25, 0.3) is 5.91 Å². The monoisotopic (exact) mass is 264 g/mol. The molecule has 0 radical (unpaired) electrons. The fourth-order valence-electron chi connectivity index (χ4n) is 1.29. The Hall–Kier alpha value is -2.37. The second-order valence-corrected chi connectivity index (χ2v) is 4.82. The maximum absolute atomic E-state index is 11.8. The van der Waals surface area contributed by atoms with E-state index in [1.807, 2.05) is 0 Å². The van der Waals surface area contributed by atoms with Crippen molar-refractivity contribution < 1.29 is 19.5 Å². The number of nitrogens with one attached hydrogen (secondary N) is 1. The van der Waals surface area contributed by atoms with E-state index in [2.05, 4.69) is 5.32 Å². The van der Waals surface area contributed by atoms with Crippen molar-refractivity contribution >= 4 is 17.8 Å². The molecule has 0 unspecified atom stereocenters. The lowest BCUT2D eigenvalue weighted by Gasteiger charge is -2.19. The highest BCUT2D eigenvalue weighted by Crippen LogP contribution is 2.13. The average Bonchev–Trinajstić information content (AvgIpc) is 2.36. The number of carboxylic acids is 1. The normalized spacial score (nSPS) is 10.8. The van der Waals surface area contributed by atoms with Gasteiger partial charge in [0, 0.05) is 17.7 Å². The molecule has 19 heavy (non-hydrogen) atoms. The van der Waals surface area contributed by atoms with Crippen molar-refractivity contribution in [3.63, 3.8) is 0 Å². The minimum Gasteiger partial charge on any atom is -0.481 e. The van der Waals surface area contributed by atoms with Crippen molar-refractivity contribution in [1.29, 1.82) is 0 Å². The van der Waals surface area contributed by atoms with Crippen LogP contribution in [0.3, 0.4) is 0 Å². The molecule has 6 nitrogen and oxygen atoms in total. The van der Waals surface area contributed by atoms with Gasteiger partial charge in [-0.15, -0.1) is 0 Å². The molecule has 0 saturated carbocycles. The summed E-state index contributed by atoms with van der Waals surface area (Å²) in [6, 6.07) is 5.93. The zero-order chi connectivity index (χ0) is 14.6. The summed E-state index contributed by atoms with van der Waals surface area (Å²) in [6.45, 7) is 3.01. The van der Waals surface area contributed by atoms with Crippen LogP contribution in [-0.4, -0.2) is 29.4 Å². The number of aliphatic carboxylic acids is 1. The van der Waals surface area contributed by atoms with Crippen LogP contribution < -0.4 is 11.1 Å². The summed E-state index contributed by atoms with van der Waals surface area (Å²) >= 11 is 0. The third-order valence-electron chi connectivity index (χ3n) is 2.68. The molecule has 0 saturated heterocycles. The first-order valence-corrected chi connectivity index (χ1v) is 5.65. The third kappa shape index (κ3) is 3.80. The van der Waals surface area contributed by atoms with Crippen LogP contribution in [-0.2, 0) is 4.79 Å². The SMILES string of the molecule is CC(C)(CNC(=O)c1cccc(C(N)=O)c1)C(=O)O. The Kier molecular flexibility index (Phi) is 4.26. The molecule has 6 heteroatoms. The van der Waals surface area contributed by atoms with Crippen molar-refractivity contribution in [2.75, 3.05) is 6.54 Å². The van der Waals surface area contributed by atoms with Gasteiger partial charge in [-0.1, -0.05) is 6.07 Å². The predicted molar refractivity (Wildman–Crippen MR) is 68.7 cm³/mol. The summed E-state index contributed by atoms with van der Waals surface area (Å²) < 4.78 is 0. The molecule has 4 N–H and O–H groups in total. The van der Waals surface area contributed by atoms with E-state index in [9.17, 15) is 14.4 Å². The van der Waals surface area contributed by atoms with Gasteiger partial charge >= 0.3 is 5.97 Å². The van der Waals surface area contributed by atoms with Crippen molar-refractivity contribution in [3.8, 4) is 0 Å². The molecule has 0 heterocycles. The molecular formula is C13H16N2O4. The molecule has 0 aliphatic carbocycles. The second kappa shape index (κ2) is 5.51. The van der Waals surface area contributed by atoms with Crippen molar-refractivity contribution in [2.24, 2.45) is 11.1 Å². The Morgan fingerprint density at radius 3 is 2.37 bits per heavy atom. The van der Waals surface area contributed by atoms with Gasteiger partial charge in [-0.2, -0.15) is 0 Å². The van der Waals surface area contributed by atoms with E-state index in [-0.39, 0.29) is 17.7 Å². The molecule has 0 aliphatic heterocycles. The Bertz CT molecular complexity index is 523. The van der Waals surface area contributed by atoms with E-state index >= 15 is 0 Å². The average molecular weight is 264 g/mol. The molecule has 0 atom stereocenters. The molecule has 0 fully saturated rings. The lowest BCUT2D eigenvalue weighted by molar-refractivity contribution is -0.146.